The van der Waals surface area contributed by atoms with Crippen molar-refractivity contribution >= 4 is 28.5 Å². The topological polar surface area (TPSA) is 92.4 Å². The lowest BCUT2D eigenvalue weighted by Crippen LogP contribution is -2.31. The molecule has 0 spiro atoms. The Morgan fingerprint density at radius 3 is 2.47 bits per heavy atom. The van der Waals surface area contributed by atoms with Gasteiger partial charge in [0.05, 0.1) is 16.6 Å². The lowest BCUT2D eigenvalue weighted by molar-refractivity contribution is -0.114. The van der Waals surface area contributed by atoms with Crippen molar-refractivity contribution < 1.29 is 14.7 Å². The molecule has 3 aromatic rings. The van der Waals surface area contributed by atoms with Gasteiger partial charge >= 0.3 is 0 Å². The summed E-state index contributed by atoms with van der Waals surface area (Å²) in [6, 6.07) is 5.48. The van der Waals surface area contributed by atoms with Crippen LogP contribution in [0.15, 0.2) is 24.4 Å². The van der Waals surface area contributed by atoms with Gasteiger partial charge in [-0.25, -0.2) is 4.98 Å². The molecule has 0 bridgehead atoms. The van der Waals surface area contributed by atoms with E-state index in [4.69, 9.17) is 0 Å². The molecule has 1 aliphatic rings. The van der Waals surface area contributed by atoms with Crippen LogP contribution in [0.1, 0.15) is 43.0 Å². The Morgan fingerprint density at radius 2 is 1.80 bits per heavy atom. The largest absolute Gasteiger partial charge is 0.505 e. The van der Waals surface area contributed by atoms with Gasteiger partial charge in [-0.3, -0.25) is 9.59 Å². The van der Waals surface area contributed by atoms with Crippen LogP contribution in [0.3, 0.4) is 0 Å². The summed E-state index contributed by atoms with van der Waals surface area (Å²) < 4.78 is 3.62. The Balaban J connectivity index is 1.74. The molecule has 158 valence electrons. The van der Waals surface area contributed by atoms with Crippen LogP contribution in [0.2, 0.25) is 0 Å². The number of aromatic hydroxyl groups is 1. The number of likely N-dealkylation sites (tertiary alicyclic amines) is 1. The molecular formula is C22H27N5O3. The maximum atomic E-state index is 13.1. The standard InChI is InChI=1S/C22H27N5O3/c1-14(28)23-15-8-9-18-17(12-15)24-21(26(18)3)19-20(29)16(13-25(19)2)22(30)27-10-6-4-5-7-11-27/h8-9,12-13,29H,4-7,10-11H2,1-3H3,(H,23,28). The van der Waals surface area contributed by atoms with Crippen LogP contribution in [0.25, 0.3) is 22.6 Å². The number of hydrogen-bond acceptors (Lipinski definition) is 4. The molecule has 2 aromatic heterocycles. The van der Waals surface area contributed by atoms with Gasteiger partial charge in [-0.2, -0.15) is 0 Å². The SMILES string of the molecule is CC(=O)Nc1ccc2c(c1)nc(-c1c(O)c(C(=O)N3CCCCCC3)cn1C)n2C. The fraction of sp³-hybridized carbons (Fsp3) is 0.409. The fourth-order valence-corrected chi connectivity index (χ4v) is 4.17. The summed E-state index contributed by atoms with van der Waals surface area (Å²) in [6.07, 6.45) is 5.94. The number of imidazole rings is 1. The lowest BCUT2D eigenvalue weighted by Gasteiger charge is -2.19. The molecular weight excluding hydrogens is 382 g/mol. The van der Waals surface area contributed by atoms with Crippen molar-refractivity contribution in [1.29, 1.82) is 0 Å². The second-order valence-electron chi connectivity index (χ2n) is 7.94. The monoisotopic (exact) mass is 409 g/mol. The van der Waals surface area contributed by atoms with Crippen molar-refractivity contribution in [2.45, 2.75) is 32.6 Å². The second-order valence-corrected chi connectivity index (χ2v) is 7.94. The minimum atomic E-state index is -0.151. The molecule has 0 radical (unpaired) electrons. The van der Waals surface area contributed by atoms with Crippen LogP contribution in [0.4, 0.5) is 5.69 Å². The molecule has 1 saturated heterocycles. The van der Waals surface area contributed by atoms with Gasteiger partial charge in [0.2, 0.25) is 5.91 Å². The summed E-state index contributed by atoms with van der Waals surface area (Å²) in [6.45, 7) is 2.90. The number of anilines is 1. The van der Waals surface area contributed by atoms with Gasteiger partial charge in [-0.15, -0.1) is 0 Å². The number of carbonyl (C=O) groups is 2. The van der Waals surface area contributed by atoms with E-state index in [1.54, 1.807) is 23.9 Å². The van der Waals surface area contributed by atoms with Crippen molar-refractivity contribution in [2.24, 2.45) is 14.1 Å². The molecule has 0 unspecified atom stereocenters. The van der Waals surface area contributed by atoms with Gasteiger partial charge in [0, 0.05) is 46.0 Å². The number of amides is 2. The van der Waals surface area contributed by atoms with Gasteiger partial charge in [-0.05, 0) is 31.0 Å². The normalized spacial score (nSPS) is 14.7. The van der Waals surface area contributed by atoms with Gasteiger partial charge in [0.25, 0.3) is 5.91 Å². The summed E-state index contributed by atoms with van der Waals surface area (Å²) in [7, 11) is 3.67. The van der Waals surface area contributed by atoms with Crippen molar-refractivity contribution in [2.75, 3.05) is 18.4 Å². The molecule has 8 heteroatoms. The highest BCUT2D eigenvalue weighted by Gasteiger charge is 2.27. The van der Waals surface area contributed by atoms with E-state index >= 15 is 0 Å². The summed E-state index contributed by atoms with van der Waals surface area (Å²) >= 11 is 0. The molecule has 2 N–H and O–H groups in total. The Kier molecular flexibility index (Phi) is 5.24. The molecule has 1 aromatic carbocycles. The lowest BCUT2D eigenvalue weighted by atomic mass is 10.2. The third-order valence-corrected chi connectivity index (χ3v) is 5.69. The number of nitrogens with zero attached hydrogens (tertiary/aromatic N) is 4. The minimum Gasteiger partial charge on any atom is -0.505 e. The number of fused-ring (bicyclic) bond motifs is 1. The first kappa shape index (κ1) is 20.0. The molecule has 1 aliphatic heterocycles. The Labute approximate surface area is 175 Å². The Hall–Kier alpha value is -3.29. The quantitative estimate of drug-likeness (QED) is 0.694. The number of aryl methyl sites for hydroxylation is 2. The maximum absolute atomic E-state index is 13.1. The highest BCUT2D eigenvalue weighted by molar-refractivity contribution is 5.99. The van der Waals surface area contributed by atoms with E-state index in [2.05, 4.69) is 10.3 Å². The van der Waals surface area contributed by atoms with Gasteiger partial charge in [0.15, 0.2) is 11.6 Å². The predicted octanol–water partition coefficient (Wildman–Crippen LogP) is 3.26. The average molecular weight is 409 g/mol. The van der Waals surface area contributed by atoms with E-state index in [1.807, 2.05) is 28.6 Å². The smallest absolute Gasteiger partial charge is 0.259 e. The van der Waals surface area contributed by atoms with Crippen LogP contribution >= 0.6 is 0 Å². The fourth-order valence-electron chi connectivity index (χ4n) is 4.17. The Morgan fingerprint density at radius 1 is 1.10 bits per heavy atom. The number of aromatic nitrogens is 3. The molecule has 30 heavy (non-hydrogen) atoms. The molecule has 0 atom stereocenters. The average Bonchev–Trinajstić information content (AvgIpc) is 3.02. The summed E-state index contributed by atoms with van der Waals surface area (Å²) in [5.41, 5.74) is 3.01. The molecule has 4 rings (SSSR count). The van der Waals surface area contributed by atoms with Gasteiger partial charge < -0.3 is 24.5 Å². The first-order chi connectivity index (χ1) is 14.4. The van der Waals surface area contributed by atoms with Crippen molar-refractivity contribution in [3.8, 4) is 17.3 Å². The van der Waals surface area contributed by atoms with Crippen molar-refractivity contribution in [3.63, 3.8) is 0 Å². The maximum Gasteiger partial charge on any atom is 0.259 e. The van der Waals surface area contributed by atoms with Crippen LogP contribution in [-0.4, -0.2) is 49.0 Å². The predicted molar refractivity (Wildman–Crippen MR) is 115 cm³/mol. The Bertz CT molecular complexity index is 1120. The van der Waals surface area contributed by atoms with E-state index in [-0.39, 0.29) is 17.6 Å². The zero-order valence-corrected chi connectivity index (χ0v) is 17.6. The van der Waals surface area contributed by atoms with E-state index < -0.39 is 0 Å². The van der Waals surface area contributed by atoms with Gasteiger partial charge in [-0.1, -0.05) is 12.8 Å². The summed E-state index contributed by atoms with van der Waals surface area (Å²) in [4.78, 5) is 30.9. The zero-order chi connectivity index (χ0) is 21.4. The number of carbonyl (C=O) groups excluding carboxylic acids is 2. The van der Waals surface area contributed by atoms with Crippen LogP contribution in [0, 0.1) is 0 Å². The zero-order valence-electron chi connectivity index (χ0n) is 17.6. The van der Waals surface area contributed by atoms with E-state index in [0.717, 1.165) is 44.3 Å². The summed E-state index contributed by atoms with van der Waals surface area (Å²) in [5.74, 6) is 0.220. The molecule has 2 amide bonds. The molecule has 1 fully saturated rings. The number of benzene rings is 1. The van der Waals surface area contributed by atoms with Gasteiger partial charge in [0.1, 0.15) is 5.69 Å². The van der Waals surface area contributed by atoms with Crippen molar-refractivity contribution in [1.82, 2.24) is 19.0 Å². The minimum absolute atomic E-state index is 0.0489. The third-order valence-electron chi connectivity index (χ3n) is 5.69. The number of nitrogens with one attached hydrogen (secondary N) is 1. The highest BCUT2D eigenvalue weighted by Crippen LogP contribution is 2.35. The van der Waals surface area contributed by atoms with Crippen LogP contribution in [0.5, 0.6) is 5.75 Å². The first-order valence-corrected chi connectivity index (χ1v) is 10.3. The van der Waals surface area contributed by atoms with Crippen molar-refractivity contribution in [3.05, 3.63) is 30.0 Å². The third kappa shape index (κ3) is 3.53. The highest BCUT2D eigenvalue weighted by atomic mass is 16.3. The van der Waals surface area contributed by atoms with E-state index in [1.165, 1.54) is 6.92 Å². The van der Waals surface area contributed by atoms with E-state index in [0.29, 0.717) is 28.3 Å². The molecule has 0 saturated carbocycles. The molecule has 3 heterocycles. The van der Waals surface area contributed by atoms with Crippen LogP contribution < -0.4 is 5.32 Å². The van der Waals surface area contributed by atoms with E-state index in [9.17, 15) is 14.7 Å². The number of hydrogen-bond donors (Lipinski definition) is 2. The summed E-state index contributed by atoms with van der Waals surface area (Å²) in [5, 5.41) is 13.7. The molecule has 0 aliphatic carbocycles. The molecule has 8 nitrogen and oxygen atoms in total. The van der Waals surface area contributed by atoms with Crippen LogP contribution in [-0.2, 0) is 18.9 Å². The number of rotatable bonds is 3. The second kappa shape index (κ2) is 7.85. The first-order valence-electron chi connectivity index (χ1n) is 10.3.